The maximum Gasteiger partial charge on any atom is 0.406 e. The molecule has 0 atom stereocenters. The molecule has 0 heterocycles. The Morgan fingerprint density at radius 3 is 2.25 bits per heavy atom. The first-order valence-electron chi connectivity index (χ1n) is 6.42. The zero-order chi connectivity index (χ0) is 15.2. The lowest BCUT2D eigenvalue weighted by molar-refractivity contribution is -0.161. The minimum Gasteiger partial charge on any atom is -0.484 e. The van der Waals surface area contributed by atoms with Crippen LogP contribution in [-0.2, 0) is 11.2 Å². The molecule has 1 aromatic carbocycles. The Bertz CT molecular complexity index is 429. The summed E-state index contributed by atoms with van der Waals surface area (Å²) in [5, 5.41) is 0. The second-order valence-corrected chi connectivity index (χ2v) is 4.31. The number of aryl methyl sites for hydroxylation is 1. The van der Waals surface area contributed by atoms with Gasteiger partial charge in [-0.3, -0.25) is 4.79 Å². The maximum absolute atomic E-state index is 12.3. The average Bonchev–Trinajstić information content (AvgIpc) is 2.41. The summed E-state index contributed by atoms with van der Waals surface area (Å²) < 4.78 is 42.0. The lowest BCUT2D eigenvalue weighted by Gasteiger charge is -2.22. The van der Waals surface area contributed by atoms with Gasteiger partial charge in [0.2, 0.25) is 0 Å². The number of hydrogen-bond acceptors (Lipinski definition) is 2. The first-order chi connectivity index (χ1) is 9.35. The first kappa shape index (κ1) is 16.3. The van der Waals surface area contributed by atoms with Crippen LogP contribution in [0.5, 0.6) is 5.75 Å². The number of nitrogens with zero attached hydrogens (tertiary/aromatic N) is 1. The molecule has 20 heavy (non-hydrogen) atoms. The van der Waals surface area contributed by atoms with Crippen molar-refractivity contribution in [2.75, 3.05) is 19.7 Å². The second-order valence-electron chi connectivity index (χ2n) is 4.31. The minimum absolute atomic E-state index is 0.00350. The summed E-state index contributed by atoms with van der Waals surface area (Å²) in [6, 6.07) is 7.11. The van der Waals surface area contributed by atoms with Crippen molar-refractivity contribution in [3.63, 3.8) is 0 Å². The zero-order valence-electron chi connectivity index (χ0n) is 11.5. The van der Waals surface area contributed by atoms with Crippen molar-refractivity contribution < 1.29 is 22.7 Å². The average molecular weight is 289 g/mol. The Kier molecular flexibility index (Phi) is 5.85. The zero-order valence-corrected chi connectivity index (χ0v) is 11.5. The molecule has 1 amide bonds. The highest BCUT2D eigenvalue weighted by Crippen LogP contribution is 2.17. The largest absolute Gasteiger partial charge is 0.484 e. The third kappa shape index (κ3) is 5.50. The fraction of sp³-hybridized carbons (Fsp3) is 0.500. The van der Waals surface area contributed by atoms with Crippen molar-refractivity contribution in [2.45, 2.75) is 26.4 Å². The van der Waals surface area contributed by atoms with Crippen LogP contribution >= 0.6 is 0 Å². The predicted octanol–water partition coefficient (Wildman–Crippen LogP) is 3.04. The fourth-order valence-electron chi connectivity index (χ4n) is 1.65. The van der Waals surface area contributed by atoms with E-state index in [2.05, 4.69) is 0 Å². The lowest BCUT2D eigenvalue weighted by Crippen LogP contribution is -2.41. The number of carbonyl (C=O) groups is 1. The number of carbonyl (C=O) groups excluding carboxylic acids is 1. The van der Waals surface area contributed by atoms with Gasteiger partial charge in [0, 0.05) is 6.54 Å². The number of rotatable bonds is 6. The van der Waals surface area contributed by atoms with Gasteiger partial charge in [0.05, 0.1) is 0 Å². The summed E-state index contributed by atoms with van der Waals surface area (Å²) in [5.74, 6) is -0.206. The molecule has 1 rings (SSSR count). The van der Waals surface area contributed by atoms with Crippen LogP contribution in [-0.4, -0.2) is 36.7 Å². The molecule has 0 aromatic heterocycles. The summed E-state index contributed by atoms with van der Waals surface area (Å²) in [6.45, 7) is 1.86. The fourth-order valence-corrected chi connectivity index (χ4v) is 1.65. The molecule has 0 saturated carbocycles. The number of amides is 1. The van der Waals surface area contributed by atoms with Crippen molar-refractivity contribution in [2.24, 2.45) is 0 Å². The molecule has 0 N–H and O–H groups in total. The molecule has 0 saturated heterocycles. The molecular formula is C14H18F3NO2. The van der Waals surface area contributed by atoms with Gasteiger partial charge in [0.25, 0.3) is 5.91 Å². The van der Waals surface area contributed by atoms with Gasteiger partial charge in [0.15, 0.2) is 6.61 Å². The highest BCUT2D eigenvalue weighted by molar-refractivity contribution is 5.77. The van der Waals surface area contributed by atoms with E-state index < -0.39 is 25.2 Å². The van der Waals surface area contributed by atoms with Gasteiger partial charge in [-0.2, -0.15) is 13.2 Å². The monoisotopic (exact) mass is 289 g/mol. The Balaban J connectivity index is 2.52. The normalized spacial score (nSPS) is 11.2. The van der Waals surface area contributed by atoms with Gasteiger partial charge in [-0.05, 0) is 31.0 Å². The Hall–Kier alpha value is -1.72. The van der Waals surface area contributed by atoms with Gasteiger partial charge >= 0.3 is 6.18 Å². The van der Waals surface area contributed by atoms with Gasteiger partial charge < -0.3 is 9.64 Å². The number of hydrogen-bond donors (Lipinski definition) is 0. The van der Waals surface area contributed by atoms with Crippen molar-refractivity contribution in [3.05, 3.63) is 29.8 Å². The predicted molar refractivity (Wildman–Crippen MR) is 69.6 cm³/mol. The molecule has 6 heteroatoms. The third-order valence-corrected chi connectivity index (χ3v) is 2.80. The summed E-state index contributed by atoms with van der Waals surface area (Å²) in [7, 11) is 0. The number of likely N-dealkylation sites (N-methyl/N-ethyl adjacent to an activating group) is 1. The van der Waals surface area contributed by atoms with Gasteiger partial charge in [-0.15, -0.1) is 0 Å². The first-order valence-corrected chi connectivity index (χ1v) is 6.42. The summed E-state index contributed by atoms with van der Waals surface area (Å²) in [5.41, 5.74) is 1.12. The quantitative estimate of drug-likeness (QED) is 0.805. The van der Waals surface area contributed by atoms with E-state index >= 15 is 0 Å². The van der Waals surface area contributed by atoms with Crippen LogP contribution in [0.4, 0.5) is 13.2 Å². The maximum atomic E-state index is 12.3. The summed E-state index contributed by atoms with van der Waals surface area (Å²) in [4.78, 5) is 12.4. The molecule has 0 aliphatic heterocycles. The van der Waals surface area contributed by atoms with Gasteiger partial charge in [-0.1, -0.05) is 19.1 Å². The van der Waals surface area contributed by atoms with Crippen molar-refractivity contribution in [3.8, 4) is 5.75 Å². The van der Waals surface area contributed by atoms with Crippen LogP contribution in [0.3, 0.4) is 0 Å². The van der Waals surface area contributed by atoms with Crippen LogP contribution in [0.25, 0.3) is 0 Å². The Morgan fingerprint density at radius 2 is 1.80 bits per heavy atom. The van der Waals surface area contributed by atoms with Gasteiger partial charge in [0.1, 0.15) is 12.3 Å². The number of alkyl halides is 3. The Morgan fingerprint density at radius 1 is 1.20 bits per heavy atom. The van der Waals surface area contributed by atoms with E-state index in [1.807, 2.05) is 19.1 Å². The molecule has 112 valence electrons. The topological polar surface area (TPSA) is 29.5 Å². The summed E-state index contributed by atoms with van der Waals surface area (Å²) >= 11 is 0. The van der Waals surface area contributed by atoms with E-state index in [1.54, 1.807) is 12.1 Å². The SMILES string of the molecule is CCc1ccc(OCC(=O)N(CC)CC(F)(F)F)cc1. The molecule has 0 aliphatic carbocycles. The molecule has 0 spiro atoms. The van der Waals surface area contributed by atoms with E-state index in [4.69, 9.17) is 4.74 Å². The minimum atomic E-state index is -4.39. The number of benzene rings is 1. The van der Waals surface area contributed by atoms with Crippen molar-refractivity contribution >= 4 is 5.91 Å². The van der Waals surface area contributed by atoms with E-state index in [0.717, 1.165) is 16.9 Å². The smallest absolute Gasteiger partial charge is 0.406 e. The van der Waals surface area contributed by atoms with E-state index in [-0.39, 0.29) is 6.54 Å². The third-order valence-electron chi connectivity index (χ3n) is 2.80. The molecule has 3 nitrogen and oxygen atoms in total. The van der Waals surface area contributed by atoms with Crippen LogP contribution in [0.2, 0.25) is 0 Å². The van der Waals surface area contributed by atoms with Gasteiger partial charge in [-0.25, -0.2) is 0 Å². The molecule has 0 unspecified atom stereocenters. The van der Waals surface area contributed by atoms with E-state index in [9.17, 15) is 18.0 Å². The van der Waals surface area contributed by atoms with E-state index in [0.29, 0.717) is 5.75 Å². The molecule has 1 aromatic rings. The highest BCUT2D eigenvalue weighted by Gasteiger charge is 2.32. The standard InChI is InChI=1S/C14H18F3NO2/c1-3-11-5-7-12(8-6-11)20-9-13(19)18(4-2)10-14(15,16)17/h5-8H,3-4,9-10H2,1-2H3. The lowest BCUT2D eigenvalue weighted by atomic mass is 10.2. The van der Waals surface area contributed by atoms with Crippen LogP contribution < -0.4 is 4.74 Å². The van der Waals surface area contributed by atoms with Crippen LogP contribution in [0, 0.1) is 0 Å². The van der Waals surface area contributed by atoms with Crippen molar-refractivity contribution in [1.29, 1.82) is 0 Å². The molecule has 0 bridgehead atoms. The number of ether oxygens (including phenoxy) is 1. The molecule has 0 radical (unpaired) electrons. The molecule has 0 fully saturated rings. The Labute approximate surface area is 116 Å². The van der Waals surface area contributed by atoms with Crippen LogP contribution in [0.1, 0.15) is 19.4 Å². The van der Waals surface area contributed by atoms with Crippen LogP contribution in [0.15, 0.2) is 24.3 Å². The molecular weight excluding hydrogens is 271 g/mol. The van der Waals surface area contributed by atoms with Crippen molar-refractivity contribution in [1.82, 2.24) is 4.90 Å². The molecule has 0 aliphatic rings. The summed E-state index contributed by atoms with van der Waals surface area (Å²) in [6.07, 6.45) is -3.51. The highest BCUT2D eigenvalue weighted by atomic mass is 19.4. The second kappa shape index (κ2) is 7.17. The number of halogens is 3. The van der Waals surface area contributed by atoms with E-state index in [1.165, 1.54) is 6.92 Å².